The minimum absolute atomic E-state index is 0.0418. The molecule has 1 amide bonds. The number of nitrogens with zero attached hydrogens (tertiary/aromatic N) is 4. The molecule has 1 saturated heterocycles. The Morgan fingerprint density at radius 2 is 1.97 bits per heavy atom. The predicted molar refractivity (Wildman–Crippen MR) is 113 cm³/mol. The summed E-state index contributed by atoms with van der Waals surface area (Å²) in [5.41, 5.74) is 0.652. The topological polar surface area (TPSA) is 96.6 Å². The van der Waals surface area contributed by atoms with Gasteiger partial charge in [-0.15, -0.1) is 22.7 Å². The van der Waals surface area contributed by atoms with Crippen LogP contribution in [-0.4, -0.2) is 59.8 Å². The van der Waals surface area contributed by atoms with E-state index in [1.165, 1.54) is 22.1 Å². The zero-order valence-corrected chi connectivity index (χ0v) is 18.5. The zero-order chi connectivity index (χ0) is 20.7. The Balaban J connectivity index is 1.27. The molecule has 0 spiro atoms. The van der Waals surface area contributed by atoms with Crippen LogP contribution in [0.1, 0.15) is 40.7 Å². The lowest BCUT2D eigenvalue weighted by atomic mass is 9.85. The zero-order valence-electron chi connectivity index (χ0n) is 16.1. The van der Waals surface area contributed by atoms with Gasteiger partial charge in [0.15, 0.2) is 0 Å². The second-order valence-electron chi connectivity index (χ2n) is 7.41. The van der Waals surface area contributed by atoms with Crippen molar-refractivity contribution < 1.29 is 17.7 Å². The van der Waals surface area contributed by atoms with E-state index in [-0.39, 0.29) is 23.2 Å². The van der Waals surface area contributed by atoms with Crippen LogP contribution in [0.3, 0.4) is 0 Å². The van der Waals surface area contributed by atoms with Crippen molar-refractivity contribution in [3.8, 4) is 11.4 Å². The number of amides is 1. The maximum Gasteiger partial charge on any atom is 0.264 e. The van der Waals surface area contributed by atoms with Crippen LogP contribution in [0, 0.1) is 0 Å². The summed E-state index contributed by atoms with van der Waals surface area (Å²) in [5.74, 6) is 1.36. The second kappa shape index (κ2) is 7.88. The van der Waals surface area contributed by atoms with Crippen molar-refractivity contribution >= 4 is 38.6 Å². The summed E-state index contributed by atoms with van der Waals surface area (Å²) in [6.07, 6.45) is 3.30. The number of thiophene rings is 2. The largest absolute Gasteiger partial charge is 0.339 e. The van der Waals surface area contributed by atoms with E-state index in [9.17, 15) is 13.2 Å². The van der Waals surface area contributed by atoms with Gasteiger partial charge in [0, 0.05) is 43.0 Å². The number of hydrogen-bond donors (Lipinski definition) is 0. The molecule has 0 N–H and O–H groups in total. The van der Waals surface area contributed by atoms with Gasteiger partial charge >= 0.3 is 0 Å². The molecule has 0 bridgehead atoms. The van der Waals surface area contributed by atoms with Crippen LogP contribution >= 0.6 is 22.7 Å². The molecule has 0 atom stereocenters. The first kappa shape index (κ1) is 19.9. The van der Waals surface area contributed by atoms with E-state index in [0.717, 1.165) is 24.2 Å². The molecule has 1 saturated carbocycles. The third kappa shape index (κ3) is 3.59. The van der Waals surface area contributed by atoms with Gasteiger partial charge in [-0.3, -0.25) is 4.79 Å². The third-order valence-corrected chi connectivity index (χ3v) is 9.75. The van der Waals surface area contributed by atoms with Crippen LogP contribution in [0.15, 0.2) is 37.7 Å². The molecule has 5 rings (SSSR count). The maximum atomic E-state index is 13.1. The number of carbonyl (C=O) groups is 1. The maximum absolute atomic E-state index is 13.1. The van der Waals surface area contributed by atoms with Crippen LogP contribution in [0.25, 0.3) is 11.4 Å². The molecule has 3 aromatic heterocycles. The highest BCUT2D eigenvalue weighted by Gasteiger charge is 2.32. The highest BCUT2D eigenvalue weighted by molar-refractivity contribution is 7.91. The summed E-state index contributed by atoms with van der Waals surface area (Å²) in [6.45, 7) is 1.31. The number of piperazine rings is 1. The molecule has 3 aromatic rings. The van der Waals surface area contributed by atoms with Gasteiger partial charge in [0.1, 0.15) is 4.21 Å². The predicted octanol–water partition coefficient (Wildman–Crippen LogP) is 3.27. The Labute approximate surface area is 182 Å². The summed E-state index contributed by atoms with van der Waals surface area (Å²) in [4.78, 5) is 19.3. The molecule has 1 aliphatic heterocycles. The average molecular weight is 465 g/mol. The number of rotatable bonds is 5. The van der Waals surface area contributed by atoms with E-state index in [0.29, 0.717) is 41.2 Å². The molecule has 0 radical (unpaired) electrons. The second-order valence-corrected chi connectivity index (χ2v) is 11.4. The SMILES string of the molecule is O=C(c1cccs1)N1CCN(S(=O)(=O)c2cc(-c3noc(C4CCC4)n3)cs2)CC1. The van der Waals surface area contributed by atoms with Crippen molar-refractivity contribution in [3.63, 3.8) is 0 Å². The molecule has 0 aromatic carbocycles. The summed E-state index contributed by atoms with van der Waals surface area (Å²) in [6, 6.07) is 5.24. The highest BCUT2D eigenvalue weighted by Crippen LogP contribution is 2.37. The lowest BCUT2D eigenvalue weighted by Crippen LogP contribution is -2.50. The molecular weight excluding hydrogens is 444 g/mol. The van der Waals surface area contributed by atoms with E-state index in [1.807, 2.05) is 11.4 Å². The molecule has 158 valence electrons. The Hall–Kier alpha value is -2.08. The van der Waals surface area contributed by atoms with Crippen molar-refractivity contribution in [2.24, 2.45) is 0 Å². The third-order valence-electron chi connectivity index (χ3n) is 5.58. The van der Waals surface area contributed by atoms with Crippen LogP contribution in [0.2, 0.25) is 0 Å². The van der Waals surface area contributed by atoms with E-state index in [2.05, 4.69) is 10.1 Å². The molecule has 8 nitrogen and oxygen atoms in total. The minimum atomic E-state index is -3.62. The standard InChI is InChI=1S/C19H20N4O4S3/c24-19(15-5-2-10-28-15)22-6-8-23(9-7-22)30(25,26)16-11-14(12-29-16)17-20-18(27-21-17)13-3-1-4-13/h2,5,10-13H,1,3-4,6-9H2. The van der Waals surface area contributed by atoms with Crippen LogP contribution in [0.4, 0.5) is 0 Å². The monoisotopic (exact) mass is 464 g/mol. The van der Waals surface area contributed by atoms with E-state index in [4.69, 9.17) is 4.52 Å². The highest BCUT2D eigenvalue weighted by atomic mass is 32.2. The van der Waals surface area contributed by atoms with Gasteiger partial charge in [0.2, 0.25) is 11.7 Å². The van der Waals surface area contributed by atoms with Crippen molar-refractivity contribution in [2.75, 3.05) is 26.2 Å². The normalized spacial score (nSPS) is 18.5. The number of sulfonamides is 1. The first-order valence-electron chi connectivity index (χ1n) is 9.78. The molecule has 1 aliphatic carbocycles. The fraction of sp³-hybridized carbons (Fsp3) is 0.421. The van der Waals surface area contributed by atoms with Gasteiger partial charge in [-0.1, -0.05) is 17.6 Å². The van der Waals surface area contributed by atoms with Gasteiger partial charge in [0.25, 0.3) is 15.9 Å². The molecule has 11 heteroatoms. The van der Waals surface area contributed by atoms with Crippen molar-refractivity contribution in [3.05, 3.63) is 39.7 Å². The average Bonchev–Trinajstić information content (AvgIpc) is 3.47. The van der Waals surface area contributed by atoms with E-state index >= 15 is 0 Å². The van der Waals surface area contributed by atoms with Crippen LogP contribution < -0.4 is 0 Å². The molecule has 2 aliphatic rings. The van der Waals surface area contributed by atoms with E-state index in [1.54, 1.807) is 22.4 Å². The van der Waals surface area contributed by atoms with Crippen molar-refractivity contribution in [2.45, 2.75) is 29.4 Å². The Bertz CT molecular complexity index is 1140. The first-order valence-corrected chi connectivity index (χ1v) is 13.0. The lowest BCUT2D eigenvalue weighted by molar-refractivity contribution is 0.0703. The lowest BCUT2D eigenvalue weighted by Gasteiger charge is -2.33. The molecule has 2 fully saturated rings. The fourth-order valence-corrected chi connectivity index (χ4v) is 6.98. The Morgan fingerprint density at radius 1 is 1.17 bits per heavy atom. The Kier molecular flexibility index (Phi) is 5.21. The Morgan fingerprint density at radius 3 is 2.63 bits per heavy atom. The summed E-state index contributed by atoms with van der Waals surface area (Å²) in [5, 5.41) is 7.63. The molecule has 30 heavy (non-hydrogen) atoms. The molecule has 4 heterocycles. The van der Waals surface area contributed by atoms with Gasteiger partial charge in [-0.2, -0.15) is 9.29 Å². The van der Waals surface area contributed by atoms with Gasteiger partial charge < -0.3 is 9.42 Å². The van der Waals surface area contributed by atoms with Gasteiger partial charge in [-0.05, 0) is 30.4 Å². The molecular formula is C19H20N4O4S3. The quantitative estimate of drug-likeness (QED) is 0.575. The van der Waals surface area contributed by atoms with Gasteiger partial charge in [-0.25, -0.2) is 8.42 Å². The van der Waals surface area contributed by atoms with Gasteiger partial charge in [0.05, 0.1) is 4.88 Å². The van der Waals surface area contributed by atoms with Crippen molar-refractivity contribution in [1.29, 1.82) is 0 Å². The van der Waals surface area contributed by atoms with Crippen LogP contribution in [-0.2, 0) is 10.0 Å². The summed E-state index contributed by atoms with van der Waals surface area (Å²) < 4.78 is 33.2. The number of hydrogen-bond acceptors (Lipinski definition) is 8. The summed E-state index contributed by atoms with van der Waals surface area (Å²) >= 11 is 2.55. The molecule has 0 unspecified atom stereocenters. The van der Waals surface area contributed by atoms with Crippen LogP contribution in [0.5, 0.6) is 0 Å². The smallest absolute Gasteiger partial charge is 0.264 e. The van der Waals surface area contributed by atoms with Crippen molar-refractivity contribution in [1.82, 2.24) is 19.3 Å². The minimum Gasteiger partial charge on any atom is -0.339 e. The number of aromatic nitrogens is 2. The summed E-state index contributed by atoms with van der Waals surface area (Å²) in [7, 11) is -3.62. The first-order chi connectivity index (χ1) is 14.5. The number of carbonyl (C=O) groups excluding carboxylic acids is 1. The fourth-order valence-electron chi connectivity index (χ4n) is 3.56. The van der Waals surface area contributed by atoms with E-state index < -0.39 is 10.0 Å².